The van der Waals surface area contributed by atoms with Crippen LogP contribution in [-0.2, 0) is 4.79 Å². The molecule has 2 bridgehead atoms. The zero-order valence-electron chi connectivity index (χ0n) is 13.1. The molecule has 2 N–H and O–H groups in total. The van der Waals surface area contributed by atoms with Gasteiger partial charge in [-0.05, 0) is 49.9 Å². The molecular weight excluding hydrogens is 308 g/mol. The van der Waals surface area contributed by atoms with E-state index >= 15 is 0 Å². The number of hydrogen-bond donors (Lipinski definition) is 2. The van der Waals surface area contributed by atoms with Crippen molar-refractivity contribution in [2.75, 3.05) is 5.32 Å². The van der Waals surface area contributed by atoms with Crippen LogP contribution < -0.4 is 10.6 Å². The Hall–Kier alpha value is -1.61. The van der Waals surface area contributed by atoms with Gasteiger partial charge in [0.25, 0.3) is 0 Å². The molecule has 0 aliphatic heterocycles. The third kappa shape index (κ3) is 2.94. The summed E-state index contributed by atoms with van der Waals surface area (Å²) in [6.45, 7) is 0. The van der Waals surface area contributed by atoms with Crippen molar-refractivity contribution in [3.8, 4) is 6.19 Å². The van der Waals surface area contributed by atoms with E-state index in [0.717, 1.165) is 29.8 Å². The molecule has 4 aliphatic carbocycles. The Morgan fingerprint density at radius 1 is 1.26 bits per heavy atom. The van der Waals surface area contributed by atoms with Gasteiger partial charge in [-0.15, -0.1) is 11.3 Å². The average Bonchev–Trinajstić information content (AvgIpc) is 2.99. The van der Waals surface area contributed by atoms with Crippen molar-refractivity contribution in [3.05, 3.63) is 11.1 Å². The first-order chi connectivity index (χ1) is 11.2. The highest BCUT2D eigenvalue weighted by molar-refractivity contribution is 7.15. The SMILES string of the molecule is N#CNC1CC(C(=O)Nc2ncc([C@@H]3CC4CCC3CC4)s2)C1. The molecule has 6 heteroatoms. The number of nitrogens with one attached hydrogen (secondary N) is 2. The van der Waals surface area contributed by atoms with E-state index in [1.807, 2.05) is 12.4 Å². The van der Waals surface area contributed by atoms with Gasteiger partial charge in [-0.25, -0.2) is 4.98 Å². The zero-order valence-corrected chi connectivity index (χ0v) is 13.9. The van der Waals surface area contributed by atoms with E-state index in [0.29, 0.717) is 5.92 Å². The maximum absolute atomic E-state index is 12.2. The molecule has 5 rings (SSSR count). The Morgan fingerprint density at radius 2 is 2.04 bits per heavy atom. The van der Waals surface area contributed by atoms with Gasteiger partial charge >= 0.3 is 0 Å². The summed E-state index contributed by atoms with van der Waals surface area (Å²) >= 11 is 1.66. The molecule has 1 amide bonds. The van der Waals surface area contributed by atoms with E-state index in [2.05, 4.69) is 15.6 Å². The fourth-order valence-corrected chi connectivity index (χ4v) is 5.52. The van der Waals surface area contributed by atoms with Crippen LogP contribution >= 0.6 is 11.3 Å². The van der Waals surface area contributed by atoms with E-state index in [1.54, 1.807) is 11.3 Å². The van der Waals surface area contributed by atoms with Crippen LogP contribution in [0.1, 0.15) is 55.7 Å². The fraction of sp³-hybridized carbons (Fsp3) is 0.706. The van der Waals surface area contributed by atoms with Crippen LogP contribution in [0.15, 0.2) is 6.20 Å². The van der Waals surface area contributed by atoms with Gasteiger partial charge in [-0.3, -0.25) is 4.79 Å². The third-order valence-electron chi connectivity index (χ3n) is 5.94. The van der Waals surface area contributed by atoms with Gasteiger partial charge in [0, 0.05) is 23.0 Å². The fourth-order valence-electron chi connectivity index (χ4n) is 4.49. The quantitative estimate of drug-likeness (QED) is 0.656. The van der Waals surface area contributed by atoms with Gasteiger partial charge in [0.15, 0.2) is 11.3 Å². The van der Waals surface area contributed by atoms with Crippen LogP contribution in [0.2, 0.25) is 0 Å². The number of aromatic nitrogens is 1. The number of thiazole rings is 1. The van der Waals surface area contributed by atoms with Crippen molar-refractivity contribution in [2.24, 2.45) is 17.8 Å². The molecule has 1 aromatic rings. The summed E-state index contributed by atoms with van der Waals surface area (Å²) in [5.74, 6) is 2.46. The molecule has 23 heavy (non-hydrogen) atoms. The van der Waals surface area contributed by atoms with Gasteiger partial charge in [-0.2, -0.15) is 5.26 Å². The molecule has 4 saturated carbocycles. The number of anilines is 1. The topological polar surface area (TPSA) is 77.8 Å². The molecule has 122 valence electrons. The normalized spacial score (nSPS) is 35.2. The average molecular weight is 330 g/mol. The molecule has 1 heterocycles. The number of fused-ring (bicyclic) bond motifs is 3. The van der Waals surface area contributed by atoms with E-state index in [9.17, 15) is 4.79 Å². The van der Waals surface area contributed by atoms with Gasteiger partial charge < -0.3 is 10.6 Å². The predicted octanol–water partition coefficient (Wildman–Crippen LogP) is 3.22. The Balaban J connectivity index is 1.34. The highest BCUT2D eigenvalue weighted by atomic mass is 32.1. The number of rotatable bonds is 4. The van der Waals surface area contributed by atoms with Crippen LogP contribution in [0.4, 0.5) is 5.13 Å². The van der Waals surface area contributed by atoms with Crippen molar-refractivity contribution in [2.45, 2.75) is 56.9 Å². The van der Waals surface area contributed by atoms with Gasteiger partial charge in [0.1, 0.15) is 0 Å². The van der Waals surface area contributed by atoms with E-state index in [4.69, 9.17) is 5.26 Å². The summed E-state index contributed by atoms with van der Waals surface area (Å²) in [5.41, 5.74) is 0. The third-order valence-corrected chi connectivity index (χ3v) is 6.99. The molecular formula is C17H22N4OS. The lowest BCUT2D eigenvalue weighted by molar-refractivity contribution is -0.122. The summed E-state index contributed by atoms with van der Waals surface area (Å²) < 4.78 is 0. The number of nitriles is 1. The lowest BCUT2D eigenvalue weighted by Gasteiger charge is -2.41. The molecule has 4 fully saturated rings. The molecule has 0 spiro atoms. The number of carbonyl (C=O) groups is 1. The molecule has 5 nitrogen and oxygen atoms in total. The van der Waals surface area contributed by atoms with Gasteiger partial charge in [0.2, 0.25) is 5.91 Å². The minimum atomic E-state index is 0.0129. The van der Waals surface area contributed by atoms with E-state index < -0.39 is 0 Å². The Labute approximate surface area is 140 Å². The first-order valence-electron chi connectivity index (χ1n) is 8.64. The van der Waals surface area contributed by atoms with Crippen LogP contribution in [0.3, 0.4) is 0 Å². The summed E-state index contributed by atoms with van der Waals surface area (Å²) in [6.07, 6.45) is 12.3. The van der Waals surface area contributed by atoms with Crippen LogP contribution in [0.5, 0.6) is 0 Å². The summed E-state index contributed by atoms with van der Waals surface area (Å²) in [6, 6.07) is 0.167. The predicted molar refractivity (Wildman–Crippen MR) is 88.8 cm³/mol. The maximum Gasteiger partial charge on any atom is 0.229 e. The lowest BCUT2D eigenvalue weighted by atomic mass is 9.64. The van der Waals surface area contributed by atoms with Crippen molar-refractivity contribution >= 4 is 22.4 Å². The Bertz CT molecular complexity index is 623. The first kappa shape index (κ1) is 14.9. The zero-order chi connectivity index (χ0) is 15.8. The summed E-state index contributed by atoms with van der Waals surface area (Å²) in [4.78, 5) is 18.0. The molecule has 0 radical (unpaired) electrons. The number of hydrogen-bond acceptors (Lipinski definition) is 5. The molecule has 1 atom stereocenters. The highest BCUT2D eigenvalue weighted by Crippen LogP contribution is 2.50. The molecule has 0 aromatic carbocycles. The Morgan fingerprint density at radius 3 is 2.70 bits per heavy atom. The van der Waals surface area contributed by atoms with Crippen molar-refractivity contribution in [3.63, 3.8) is 0 Å². The highest BCUT2D eigenvalue weighted by Gasteiger charge is 2.38. The molecule has 0 saturated heterocycles. The van der Waals surface area contributed by atoms with Crippen molar-refractivity contribution in [1.82, 2.24) is 10.3 Å². The minimum Gasteiger partial charge on any atom is -0.321 e. The van der Waals surface area contributed by atoms with Crippen LogP contribution in [0.25, 0.3) is 0 Å². The molecule has 4 aliphatic rings. The second-order valence-corrected chi connectivity index (χ2v) is 8.36. The van der Waals surface area contributed by atoms with E-state index in [-0.39, 0.29) is 17.9 Å². The first-order valence-corrected chi connectivity index (χ1v) is 9.45. The second kappa shape index (κ2) is 6.12. The largest absolute Gasteiger partial charge is 0.321 e. The lowest BCUT2D eigenvalue weighted by Crippen LogP contribution is -2.44. The van der Waals surface area contributed by atoms with Crippen LogP contribution in [-0.4, -0.2) is 16.9 Å². The monoisotopic (exact) mass is 330 g/mol. The van der Waals surface area contributed by atoms with Crippen LogP contribution in [0, 0.1) is 29.2 Å². The second-order valence-electron chi connectivity index (χ2n) is 7.30. The number of nitrogens with zero attached hydrogens (tertiary/aromatic N) is 2. The summed E-state index contributed by atoms with van der Waals surface area (Å²) in [5, 5.41) is 15.0. The Kier molecular flexibility index (Phi) is 3.98. The minimum absolute atomic E-state index is 0.0129. The van der Waals surface area contributed by atoms with Crippen molar-refractivity contribution in [1.29, 1.82) is 5.26 Å². The van der Waals surface area contributed by atoms with Gasteiger partial charge in [-0.1, -0.05) is 12.8 Å². The molecule has 0 unspecified atom stereocenters. The molecule has 1 aromatic heterocycles. The summed E-state index contributed by atoms with van der Waals surface area (Å²) in [7, 11) is 0. The standard InChI is InChI=1S/C17H22N4OS/c18-9-20-13-6-12(7-13)16(22)21-17-19-8-15(23-17)14-5-10-1-3-11(14)4-2-10/h8,10-14,20H,1-7H2,(H,19,21,22)/t10?,11?,12?,13?,14-/m1/s1. The number of carbonyl (C=O) groups excluding carboxylic acids is 1. The maximum atomic E-state index is 12.2. The smallest absolute Gasteiger partial charge is 0.229 e. The van der Waals surface area contributed by atoms with E-state index in [1.165, 1.54) is 37.0 Å². The van der Waals surface area contributed by atoms with Crippen molar-refractivity contribution < 1.29 is 4.79 Å². The number of amides is 1. The van der Waals surface area contributed by atoms with Gasteiger partial charge in [0.05, 0.1) is 0 Å².